The molecular weight excluding hydrogens is 176 g/mol. The first-order chi connectivity index (χ1) is 6.54. The van der Waals surface area contributed by atoms with Crippen LogP contribution in [0.25, 0.3) is 0 Å². The summed E-state index contributed by atoms with van der Waals surface area (Å²) in [5.74, 6) is -0.201. The summed E-state index contributed by atoms with van der Waals surface area (Å²) in [6.45, 7) is 5.98. The lowest BCUT2D eigenvalue weighted by atomic mass is 9.97. The van der Waals surface area contributed by atoms with Gasteiger partial charge in [-0.05, 0) is 49.1 Å². The first kappa shape index (κ1) is 10.8. The van der Waals surface area contributed by atoms with Crippen LogP contribution in [0, 0.1) is 26.8 Å². The molecule has 0 aliphatic heterocycles. The first-order valence-corrected chi connectivity index (χ1v) is 4.60. The van der Waals surface area contributed by atoms with Crippen molar-refractivity contribution in [3.05, 3.63) is 34.4 Å². The average molecular weight is 191 g/mol. The fourth-order valence-corrected chi connectivity index (χ4v) is 1.60. The largest absolute Gasteiger partial charge is 0.469 e. The van der Waals surface area contributed by atoms with Crippen molar-refractivity contribution >= 4 is 5.97 Å². The Morgan fingerprint density at radius 1 is 1.43 bits per heavy atom. The van der Waals surface area contributed by atoms with Crippen LogP contribution in [0.2, 0.25) is 0 Å². The Hall–Kier alpha value is -1.31. The van der Waals surface area contributed by atoms with Crippen molar-refractivity contribution in [2.45, 2.75) is 27.2 Å². The highest BCUT2D eigenvalue weighted by Gasteiger charge is 2.09. The summed E-state index contributed by atoms with van der Waals surface area (Å²) in [7, 11) is 1.41. The van der Waals surface area contributed by atoms with Gasteiger partial charge in [0.1, 0.15) is 0 Å². The molecule has 0 spiro atoms. The molecule has 2 nitrogen and oxygen atoms in total. The second kappa shape index (κ2) is 4.27. The summed E-state index contributed by atoms with van der Waals surface area (Å²) in [6.07, 6.45) is 0.338. The van der Waals surface area contributed by atoms with Crippen LogP contribution in [0.15, 0.2) is 6.07 Å². The SMILES string of the molecule is COC(=O)Cc1c(C)[c]c(C)cc1C. The summed E-state index contributed by atoms with van der Waals surface area (Å²) in [5.41, 5.74) is 4.30. The van der Waals surface area contributed by atoms with Crippen LogP contribution in [0.4, 0.5) is 0 Å². The van der Waals surface area contributed by atoms with E-state index in [9.17, 15) is 4.79 Å². The van der Waals surface area contributed by atoms with Crippen molar-refractivity contribution in [3.8, 4) is 0 Å². The number of carbonyl (C=O) groups excluding carboxylic acids is 1. The highest BCUT2D eigenvalue weighted by Crippen LogP contribution is 2.16. The molecule has 1 aromatic carbocycles. The van der Waals surface area contributed by atoms with E-state index in [0.29, 0.717) is 6.42 Å². The minimum atomic E-state index is -0.201. The fourth-order valence-electron chi connectivity index (χ4n) is 1.60. The summed E-state index contributed by atoms with van der Waals surface area (Å²) in [4.78, 5) is 11.1. The van der Waals surface area contributed by atoms with E-state index in [-0.39, 0.29) is 5.97 Å². The molecule has 0 saturated heterocycles. The molecule has 0 aliphatic carbocycles. The molecule has 0 saturated carbocycles. The third kappa shape index (κ3) is 2.34. The summed E-state index contributed by atoms with van der Waals surface area (Å²) < 4.78 is 4.64. The topological polar surface area (TPSA) is 26.3 Å². The Morgan fingerprint density at radius 3 is 2.57 bits per heavy atom. The zero-order valence-electron chi connectivity index (χ0n) is 9.10. The van der Waals surface area contributed by atoms with Crippen molar-refractivity contribution in [1.29, 1.82) is 0 Å². The van der Waals surface area contributed by atoms with Crippen LogP contribution >= 0.6 is 0 Å². The van der Waals surface area contributed by atoms with E-state index in [4.69, 9.17) is 0 Å². The molecular formula is C12H15O2. The molecule has 0 aromatic heterocycles. The molecule has 0 amide bonds. The van der Waals surface area contributed by atoms with Crippen LogP contribution in [-0.2, 0) is 16.0 Å². The third-order valence-electron chi connectivity index (χ3n) is 2.30. The fraction of sp³-hybridized carbons (Fsp3) is 0.417. The number of carbonyl (C=O) groups is 1. The normalized spacial score (nSPS) is 10.0. The van der Waals surface area contributed by atoms with Crippen LogP contribution in [0.1, 0.15) is 22.3 Å². The van der Waals surface area contributed by atoms with Gasteiger partial charge in [-0.15, -0.1) is 0 Å². The number of hydrogen-bond donors (Lipinski definition) is 0. The number of methoxy groups -OCH3 is 1. The van der Waals surface area contributed by atoms with Gasteiger partial charge in [0.15, 0.2) is 0 Å². The Kier molecular flexibility index (Phi) is 3.28. The Labute approximate surface area is 84.9 Å². The Morgan fingerprint density at radius 2 is 2.07 bits per heavy atom. The molecule has 0 fully saturated rings. The molecule has 0 aliphatic rings. The van der Waals surface area contributed by atoms with Gasteiger partial charge in [-0.25, -0.2) is 0 Å². The zero-order valence-corrected chi connectivity index (χ0v) is 9.10. The maximum absolute atomic E-state index is 11.1. The van der Waals surface area contributed by atoms with Crippen LogP contribution < -0.4 is 0 Å². The zero-order chi connectivity index (χ0) is 10.7. The molecule has 0 atom stereocenters. The molecule has 0 bridgehead atoms. The number of rotatable bonds is 2. The number of hydrogen-bond acceptors (Lipinski definition) is 2. The van der Waals surface area contributed by atoms with Gasteiger partial charge in [-0.3, -0.25) is 4.79 Å². The second-order valence-electron chi connectivity index (χ2n) is 3.49. The summed E-state index contributed by atoms with van der Waals surface area (Å²) in [6, 6.07) is 5.23. The lowest BCUT2D eigenvalue weighted by Crippen LogP contribution is -2.07. The van der Waals surface area contributed by atoms with E-state index < -0.39 is 0 Å². The monoisotopic (exact) mass is 191 g/mol. The smallest absolute Gasteiger partial charge is 0.309 e. The maximum atomic E-state index is 11.1. The van der Waals surface area contributed by atoms with Gasteiger partial charge in [0.2, 0.25) is 0 Å². The van der Waals surface area contributed by atoms with Crippen LogP contribution in [0.3, 0.4) is 0 Å². The van der Waals surface area contributed by atoms with E-state index in [0.717, 1.165) is 22.3 Å². The number of ether oxygens (including phenoxy) is 1. The minimum absolute atomic E-state index is 0.201. The first-order valence-electron chi connectivity index (χ1n) is 4.60. The molecule has 0 heterocycles. The average Bonchev–Trinajstić information content (AvgIpc) is 2.10. The maximum Gasteiger partial charge on any atom is 0.309 e. The third-order valence-corrected chi connectivity index (χ3v) is 2.30. The number of aryl methyl sites for hydroxylation is 3. The van der Waals surface area contributed by atoms with Gasteiger partial charge in [-0.1, -0.05) is 6.07 Å². The van der Waals surface area contributed by atoms with Crippen molar-refractivity contribution in [2.75, 3.05) is 7.11 Å². The van der Waals surface area contributed by atoms with Crippen molar-refractivity contribution in [3.63, 3.8) is 0 Å². The van der Waals surface area contributed by atoms with Crippen molar-refractivity contribution in [1.82, 2.24) is 0 Å². The lowest BCUT2D eigenvalue weighted by molar-refractivity contribution is -0.139. The predicted octanol–water partition coefficient (Wildman–Crippen LogP) is 2.13. The van der Waals surface area contributed by atoms with Gasteiger partial charge in [0.25, 0.3) is 0 Å². The molecule has 75 valence electrons. The van der Waals surface area contributed by atoms with Crippen LogP contribution in [-0.4, -0.2) is 13.1 Å². The van der Waals surface area contributed by atoms with Gasteiger partial charge in [0, 0.05) is 0 Å². The molecule has 2 heteroatoms. The van der Waals surface area contributed by atoms with Gasteiger partial charge in [-0.2, -0.15) is 0 Å². The van der Waals surface area contributed by atoms with Crippen molar-refractivity contribution < 1.29 is 9.53 Å². The Bertz CT molecular complexity index is 330. The molecule has 1 rings (SSSR count). The molecule has 14 heavy (non-hydrogen) atoms. The molecule has 1 radical (unpaired) electrons. The van der Waals surface area contributed by atoms with Gasteiger partial charge in [0.05, 0.1) is 13.5 Å². The minimum Gasteiger partial charge on any atom is -0.469 e. The van der Waals surface area contributed by atoms with Crippen LogP contribution in [0.5, 0.6) is 0 Å². The van der Waals surface area contributed by atoms with E-state index in [1.54, 1.807) is 0 Å². The molecule has 0 N–H and O–H groups in total. The van der Waals surface area contributed by atoms with Gasteiger partial charge < -0.3 is 4.74 Å². The summed E-state index contributed by atoms with van der Waals surface area (Å²) >= 11 is 0. The number of benzene rings is 1. The second-order valence-corrected chi connectivity index (χ2v) is 3.49. The summed E-state index contributed by atoms with van der Waals surface area (Å²) in [5, 5.41) is 0. The van der Waals surface area contributed by atoms with Gasteiger partial charge >= 0.3 is 5.97 Å². The van der Waals surface area contributed by atoms with E-state index in [1.165, 1.54) is 7.11 Å². The van der Waals surface area contributed by atoms with E-state index >= 15 is 0 Å². The van der Waals surface area contributed by atoms with Crippen molar-refractivity contribution in [2.24, 2.45) is 0 Å². The Balaban J connectivity index is 3.02. The standard InChI is InChI=1S/C12H15O2/c1-8-5-9(2)11(10(3)6-8)7-12(13)14-4/h5H,7H2,1-4H3. The van der Waals surface area contributed by atoms with E-state index in [2.05, 4.69) is 10.8 Å². The number of esters is 1. The predicted molar refractivity (Wildman–Crippen MR) is 55.2 cm³/mol. The molecule has 0 unspecified atom stereocenters. The quantitative estimate of drug-likeness (QED) is 0.669. The molecule has 1 aromatic rings. The highest BCUT2D eigenvalue weighted by atomic mass is 16.5. The van der Waals surface area contributed by atoms with E-state index in [1.807, 2.05) is 26.8 Å². The lowest BCUT2D eigenvalue weighted by Gasteiger charge is -2.09. The highest BCUT2D eigenvalue weighted by molar-refractivity contribution is 5.73.